The van der Waals surface area contributed by atoms with Gasteiger partial charge in [0.25, 0.3) is 5.56 Å². The molecule has 0 amide bonds. The number of phenols is 1. The fourth-order valence-corrected chi connectivity index (χ4v) is 3.65. The zero-order chi connectivity index (χ0) is 16.0. The van der Waals surface area contributed by atoms with Crippen LogP contribution in [0.15, 0.2) is 47.8 Å². The summed E-state index contributed by atoms with van der Waals surface area (Å²) in [5.74, 6) is 0.155. The molecule has 6 nitrogen and oxygen atoms in total. The number of aromatic nitrogens is 3. The van der Waals surface area contributed by atoms with Crippen molar-refractivity contribution in [3.8, 4) is 11.4 Å². The molecule has 0 fully saturated rings. The van der Waals surface area contributed by atoms with Crippen LogP contribution in [0.5, 0.6) is 5.75 Å². The minimum absolute atomic E-state index is 0.135. The summed E-state index contributed by atoms with van der Waals surface area (Å²) in [5.41, 5.74) is 2.05. The SMILES string of the molecule is CNc1cncc2sc3c(=O)n(-c4ccc(O)cc4)cnc3c12. The van der Waals surface area contributed by atoms with Crippen molar-refractivity contribution < 1.29 is 5.11 Å². The highest BCUT2D eigenvalue weighted by atomic mass is 32.1. The lowest BCUT2D eigenvalue weighted by Crippen LogP contribution is -2.17. The normalized spacial score (nSPS) is 11.2. The predicted molar refractivity (Wildman–Crippen MR) is 91.7 cm³/mol. The molecule has 0 aliphatic carbocycles. The molecule has 0 unspecified atom stereocenters. The first-order chi connectivity index (χ1) is 11.2. The molecule has 4 aromatic rings. The number of hydrogen-bond donors (Lipinski definition) is 2. The number of phenolic OH excluding ortho intramolecular Hbond substituents is 1. The topological polar surface area (TPSA) is 80.0 Å². The lowest BCUT2D eigenvalue weighted by molar-refractivity contribution is 0.475. The summed E-state index contributed by atoms with van der Waals surface area (Å²) in [6.07, 6.45) is 4.98. The number of nitrogens with one attached hydrogen (secondary N) is 1. The molecule has 0 radical (unpaired) electrons. The van der Waals surface area contributed by atoms with Crippen LogP contribution in [0, 0.1) is 0 Å². The van der Waals surface area contributed by atoms with Crippen molar-refractivity contribution in [2.24, 2.45) is 0 Å². The molecule has 0 saturated carbocycles. The number of pyridine rings is 1. The number of rotatable bonds is 2. The molecule has 3 heterocycles. The molecule has 0 bridgehead atoms. The minimum Gasteiger partial charge on any atom is -0.508 e. The Morgan fingerprint density at radius 3 is 2.74 bits per heavy atom. The average Bonchev–Trinajstić information content (AvgIpc) is 2.96. The Bertz CT molecular complexity index is 1080. The van der Waals surface area contributed by atoms with Crippen molar-refractivity contribution in [3.05, 3.63) is 53.3 Å². The van der Waals surface area contributed by atoms with E-state index in [-0.39, 0.29) is 11.3 Å². The Morgan fingerprint density at radius 2 is 2.00 bits per heavy atom. The molecule has 3 aromatic heterocycles. The predicted octanol–water partition coefficient (Wildman–Crippen LogP) is 2.74. The standard InChI is InChI=1S/C16H12N4O2S/c1-17-11-6-18-7-12-13(11)14-15(23-12)16(22)20(8-19-14)9-2-4-10(21)5-3-9/h2-8,17,21H,1H3. The van der Waals surface area contributed by atoms with E-state index in [0.717, 1.165) is 15.8 Å². The van der Waals surface area contributed by atoms with Crippen molar-refractivity contribution in [2.75, 3.05) is 12.4 Å². The van der Waals surface area contributed by atoms with Gasteiger partial charge in [-0.15, -0.1) is 11.3 Å². The van der Waals surface area contributed by atoms with Gasteiger partial charge in [0.15, 0.2) is 0 Å². The minimum atomic E-state index is -0.135. The molecule has 0 spiro atoms. The van der Waals surface area contributed by atoms with Crippen LogP contribution in [-0.2, 0) is 0 Å². The second-order valence-electron chi connectivity index (χ2n) is 5.03. The molecule has 1 aromatic carbocycles. The van der Waals surface area contributed by atoms with E-state index in [9.17, 15) is 9.90 Å². The molecule has 2 N–H and O–H groups in total. The van der Waals surface area contributed by atoms with Gasteiger partial charge in [-0.05, 0) is 24.3 Å². The molecular weight excluding hydrogens is 312 g/mol. The number of benzene rings is 1. The average molecular weight is 324 g/mol. The monoisotopic (exact) mass is 324 g/mol. The van der Waals surface area contributed by atoms with Crippen LogP contribution in [0.3, 0.4) is 0 Å². The number of thiophene rings is 1. The zero-order valence-electron chi connectivity index (χ0n) is 12.1. The lowest BCUT2D eigenvalue weighted by Gasteiger charge is -2.05. The first kappa shape index (κ1) is 13.7. The Labute approximate surface area is 134 Å². The molecular formula is C16H12N4O2S. The molecule has 0 saturated heterocycles. The Balaban J connectivity index is 2.04. The summed E-state index contributed by atoms with van der Waals surface area (Å²) in [4.78, 5) is 21.5. The van der Waals surface area contributed by atoms with E-state index in [2.05, 4.69) is 15.3 Å². The van der Waals surface area contributed by atoms with E-state index in [0.29, 0.717) is 15.9 Å². The van der Waals surface area contributed by atoms with Crippen molar-refractivity contribution in [2.45, 2.75) is 0 Å². The van der Waals surface area contributed by atoms with Crippen molar-refractivity contribution in [3.63, 3.8) is 0 Å². The first-order valence-electron chi connectivity index (χ1n) is 6.94. The number of nitrogens with zero attached hydrogens (tertiary/aromatic N) is 3. The van der Waals surface area contributed by atoms with Gasteiger partial charge in [0.1, 0.15) is 16.8 Å². The van der Waals surface area contributed by atoms with Gasteiger partial charge in [0.05, 0.1) is 27.8 Å². The second-order valence-corrected chi connectivity index (χ2v) is 6.08. The second kappa shape index (κ2) is 5.06. The maximum atomic E-state index is 12.8. The van der Waals surface area contributed by atoms with Gasteiger partial charge in [-0.3, -0.25) is 14.3 Å². The van der Waals surface area contributed by atoms with Crippen LogP contribution in [-0.4, -0.2) is 26.7 Å². The number of anilines is 1. The van der Waals surface area contributed by atoms with E-state index in [1.165, 1.54) is 22.2 Å². The van der Waals surface area contributed by atoms with Crippen molar-refractivity contribution in [1.29, 1.82) is 0 Å². The van der Waals surface area contributed by atoms with Crippen molar-refractivity contribution in [1.82, 2.24) is 14.5 Å². The number of hydrogen-bond acceptors (Lipinski definition) is 6. The Kier molecular flexibility index (Phi) is 3.02. The quantitative estimate of drug-likeness (QED) is 0.592. The Hall–Kier alpha value is -2.93. The van der Waals surface area contributed by atoms with Crippen LogP contribution in [0.2, 0.25) is 0 Å². The van der Waals surface area contributed by atoms with Crippen LogP contribution in [0.25, 0.3) is 26.0 Å². The highest BCUT2D eigenvalue weighted by Crippen LogP contribution is 2.34. The molecule has 0 atom stereocenters. The number of fused-ring (bicyclic) bond motifs is 3. The van der Waals surface area contributed by atoms with Gasteiger partial charge >= 0.3 is 0 Å². The van der Waals surface area contributed by atoms with Gasteiger partial charge in [-0.25, -0.2) is 4.98 Å². The highest BCUT2D eigenvalue weighted by Gasteiger charge is 2.15. The largest absolute Gasteiger partial charge is 0.508 e. The summed E-state index contributed by atoms with van der Waals surface area (Å²) in [7, 11) is 1.82. The fraction of sp³-hybridized carbons (Fsp3) is 0.0625. The van der Waals surface area contributed by atoms with Crippen molar-refractivity contribution >= 4 is 37.3 Å². The summed E-state index contributed by atoms with van der Waals surface area (Å²) in [6, 6.07) is 6.44. The third-order valence-electron chi connectivity index (χ3n) is 3.69. The van der Waals surface area contributed by atoms with Crippen LogP contribution < -0.4 is 10.9 Å². The molecule has 0 aliphatic heterocycles. The van der Waals surface area contributed by atoms with E-state index >= 15 is 0 Å². The van der Waals surface area contributed by atoms with Gasteiger partial charge in [-0.1, -0.05) is 0 Å². The summed E-state index contributed by atoms with van der Waals surface area (Å²) >= 11 is 1.38. The third kappa shape index (κ3) is 2.05. The van der Waals surface area contributed by atoms with E-state index in [4.69, 9.17) is 0 Å². The van der Waals surface area contributed by atoms with Crippen LogP contribution in [0.1, 0.15) is 0 Å². The zero-order valence-corrected chi connectivity index (χ0v) is 13.0. The van der Waals surface area contributed by atoms with Gasteiger partial charge in [0, 0.05) is 18.6 Å². The van der Waals surface area contributed by atoms with Crippen LogP contribution >= 0.6 is 11.3 Å². The smallest absolute Gasteiger partial charge is 0.275 e. The first-order valence-corrected chi connectivity index (χ1v) is 7.75. The van der Waals surface area contributed by atoms with Crippen LogP contribution in [0.4, 0.5) is 5.69 Å². The maximum Gasteiger partial charge on any atom is 0.275 e. The lowest BCUT2D eigenvalue weighted by atomic mass is 10.2. The molecule has 7 heteroatoms. The maximum absolute atomic E-state index is 12.8. The summed E-state index contributed by atoms with van der Waals surface area (Å²) in [6.45, 7) is 0. The molecule has 4 rings (SSSR count). The number of aromatic hydroxyl groups is 1. The molecule has 23 heavy (non-hydrogen) atoms. The van der Waals surface area contributed by atoms with E-state index in [1.807, 2.05) is 7.05 Å². The molecule has 0 aliphatic rings. The summed E-state index contributed by atoms with van der Waals surface area (Å²) < 4.78 is 2.98. The van der Waals surface area contributed by atoms with E-state index < -0.39 is 0 Å². The third-order valence-corrected chi connectivity index (χ3v) is 4.79. The van der Waals surface area contributed by atoms with E-state index in [1.54, 1.807) is 36.7 Å². The highest BCUT2D eigenvalue weighted by molar-refractivity contribution is 7.25. The molecule has 114 valence electrons. The van der Waals surface area contributed by atoms with Gasteiger partial charge in [-0.2, -0.15) is 0 Å². The summed E-state index contributed by atoms with van der Waals surface area (Å²) in [5, 5.41) is 13.4. The fourth-order valence-electron chi connectivity index (χ4n) is 2.57. The van der Waals surface area contributed by atoms with Gasteiger partial charge in [0.2, 0.25) is 0 Å². The Morgan fingerprint density at radius 1 is 1.22 bits per heavy atom. The van der Waals surface area contributed by atoms with Gasteiger partial charge < -0.3 is 10.4 Å².